The molecule has 10 heteroatoms. The number of nitrogens with zero attached hydrogens (tertiary/aromatic N) is 1. The molecule has 3 aromatic carbocycles. The average molecular weight is 538 g/mol. The maximum Gasteiger partial charge on any atom is 0.253 e. The van der Waals surface area contributed by atoms with E-state index in [0.717, 1.165) is 11.8 Å². The van der Waals surface area contributed by atoms with Crippen molar-refractivity contribution in [1.82, 2.24) is 5.32 Å². The molecule has 200 valence electrons. The summed E-state index contributed by atoms with van der Waals surface area (Å²) in [5, 5.41) is 5.75. The highest BCUT2D eigenvalue weighted by Crippen LogP contribution is 2.34. The molecule has 1 atom stereocenters. The number of amides is 2. The summed E-state index contributed by atoms with van der Waals surface area (Å²) in [6.07, 6.45) is 1.45. The number of ether oxygens (including phenoxy) is 2. The first-order valence-corrected chi connectivity index (χ1v) is 14.2. The average Bonchev–Trinajstić information content (AvgIpc) is 2.91. The lowest BCUT2D eigenvalue weighted by Crippen LogP contribution is -2.31. The number of anilines is 2. The first kappa shape index (κ1) is 27.0. The Labute approximate surface area is 222 Å². The van der Waals surface area contributed by atoms with Crippen molar-refractivity contribution < 1.29 is 27.5 Å². The van der Waals surface area contributed by atoms with Gasteiger partial charge in [0.15, 0.2) is 11.5 Å². The Morgan fingerprint density at radius 1 is 0.947 bits per heavy atom. The van der Waals surface area contributed by atoms with Gasteiger partial charge in [-0.15, -0.1) is 0 Å². The first-order chi connectivity index (χ1) is 18.2. The number of hydrogen-bond acceptors (Lipinski definition) is 6. The summed E-state index contributed by atoms with van der Waals surface area (Å²) in [4.78, 5) is 25.7. The highest BCUT2D eigenvalue weighted by atomic mass is 32.2. The fourth-order valence-corrected chi connectivity index (χ4v) is 5.12. The van der Waals surface area contributed by atoms with Crippen molar-refractivity contribution in [3.05, 3.63) is 83.9 Å². The number of carbonyl (C=O) groups is 2. The second kappa shape index (κ2) is 12.0. The molecule has 0 saturated carbocycles. The number of fused-ring (bicyclic) bond motifs is 1. The van der Waals surface area contributed by atoms with Gasteiger partial charge in [0, 0.05) is 19.0 Å². The van der Waals surface area contributed by atoms with Crippen molar-refractivity contribution in [3.8, 4) is 11.5 Å². The molecule has 2 amide bonds. The molecule has 1 heterocycles. The summed E-state index contributed by atoms with van der Waals surface area (Å²) in [6.45, 7) is 2.82. The molecule has 0 unspecified atom stereocenters. The van der Waals surface area contributed by atoms with E-state index >= 15 is 0 Å². The first-order valence-electron chi connectivity index (χ1n) is 12.3. The van der Waals surface area contributed by atoms with Crippen molar-refractivity contribution in [1.29, 1.82) is 0 Å². The van der Waals surface area contributed by atoms with Crippen LogP contribution < -0.4 is 24.4 Å². The number of sulfonamides is 1. The van der Waals surface area contributed by atoms with Crippen LogP contribution >= 0.6 is 0 Å². The lowest BCUT2D eigenvalue weighted by molar-refractivity contribution is -0.116. The van der Waals surface area contributed by atoms with Crippen LogP contribution in [-0.4, -0.2) is 46.2 Å². The van der Waals surface area contributed by atoms with Crippen molar-refractivity contribution >= 4 is 33.2 Å². The van der Waals surface area contributed by atoms with Crippen LogP contribution in [0, 0.1) is 0 Å². The Balaban J connectivity index is 1.37. The summed E-state index contributed by atoms with van der Waals surface area (Å²) >= 11 is 0. The van der Waals surface area contributed by atoms with E-state index in [2.05, 4.69) is 10.6 Å². The van der Waals surface area contributed by atoms with E-state index in [-0.39, 0.29) is 37.2 Å². The number of carbonyl (C=O) groups excluding carboxylic acids is 2. The quantitative estimate of drug-likeness (QED) is 0.402. The number of rotatable bonds is 10. The van der Waals surface area contributed by atoms with Crippen LogP contribution in [0.4, 0.5) is 11.4 Å². The standard InChI is InChI=1S/C28H31N3O6S/c1-20(21-9-4-3-5-10-21)29-28(33)23-11-6-7-12-24(23)30-27(32)13-8-16-31(38(2,34)35)22-14-15-25-26(19-22)37-18-17-36-25/h3-7,9-12,14-15,19-20H,8,13,16-18H2,1-2H3,(H,29,33)(H,30,32)/t20-/m0/s1. The third-order valence-electron chi connectivity index (χ3n) is 6.07. The van der Waals surface area contributed by atoms with Crippen LogP contribution in [0.1, 0.15) is 41.7 Å². The highest BCUT2D eigenvalue weighted by molar-refractivity contribution is 7.92. The van der Waals surface area contributed by atoms with Crippen molar-refractivity contribution in [2.75, 3.05) is 35.6 Å². The summed E-state index contributed by atoms with van der Waals surface area (Å²) in [5.41, 5.74) is 2.14. The molecule has 0 aromatic heterocycles. The molecule has 2 N–H and O–H groups in total. The fraction of sp³-hybridized carbons (Fsp3) is 0.286. The van der Waals surface area contributed by atoms with E-state index in [1.165, 1.54) is 4.31 Å². The van der Waals surface area contributed by atoms with Gasteiger partial charge in [0.25, 0.3) is 5.91 Å². The minimum absolute atomic E-state index is 0.0624. The zero-order valence-electron chi connectivity index (χ0n) is 21.3. The third kappa shape index (κ3) is 6.83. The number of hydrogen-bond donors (Lipinski definition) is 2. The normalized spacial score (nSPS) is 13.3. The van der Waals surface area contributed by atoms with Crippen LogP contribution in [0.2, 0.25) is 0 Å². The van der Waals surface area contributed by atoms with E-state index in [4.69, 9.17) is 9.47 Å². The van der Waals surface area contributed by atoms with E-state index in [1.807, 2.05) is 37.3 Å². The van der Waals surface area contributed by atoms with Crippen molar-refractivity contribution in [2.45, 2.75) is 25.8 Å². The van der Waals surface area contributed by atoms with Gasteiger partial charge in [-0.3, -0.25) is 13.9 Å². The van der Waals surface area contributed by atoms with E-state index in [9.17, 15) is 18.0 Å². The van der Waals surface area contributed by atoms with Gasteiger partial charge in [0.1, 0.15) is 13.2 Å². The smallest absolute Gasteiger partial charge is 0.253 e. The monoisotopic (exact) mass is 537 g/mol. The lowest BCUT2D eigenvalue weighted by atomic mass is 10.1. The molecule has 0 spiro atoms. The van der Waals surface area contributed by atoms with Gasteiger partial charge >= 0.3 is 0 Å². The van der Waals surface area contributed by atoms with Crippen LogP contribution in [0.5, 0.6) is 11.5 Å². The van der Waals surface area contributed by atoms with Gasteiger partial charge in [-0.1, -0.05) is 42.5 Å². The topological polar surface area (TPSA) is 114 Å². The number of para-hydroxylation sites is 1. The Morgan fingerprint density at radius 2 is 1.63 bits per heavy atom. The molecular formula is C28H31N3O6S. The molecular weight excluding hydrogens is 506 g/mol. The maximum absolute atomic E-state index is 12.9. The zero-order valence-corrected chi connectivity index (χ0v) is 22.2. The molecule has 0 saturated heterocycles. The van der Waals surface area contributed by atoms with Crippen LogP contribution in [0.3, 0.4) is 0 Å². The minimum atomic E-state index is -3.60. The minimum Gasteiger partial charge on any atom is -0.486 e. The van der Waals surface area contributed by atoms with Gasteiger partial charge in [-0.2, -0.15) is 0 Å². The summed E-state index contributed by atoms with van der Waals surface area (Å²) in [7, 11) is -3.60. The molecule has 9 nitrogen and oxygen atoms in total. The molecule has 38 heavy (non-hydrogen) atoms. The Hall–Kier alpha value is -4.05. The van der Waals surface area contributed by atoms with Crippen molar-refractivity contribution in [3.63, 3.8) is 0 Å². The molecule has 0 fully saturated rings. The van der Waals surface area contributed by atoms with Crippen LogP contribution in [0.15, 0.2) is 72.8 Å². The lowest BCUT2D eigenvalue weighted by Gasteiger charge is -2.25. The predicted molar refractivity (Wildman–Crippen MR) is 146 cm³/mol. The number of benzene rings is 3. The van der Waals surface area contributed by atoms with E-state index < -0.39 is 10.0 Å². The van der Waals surface area contributed by atoms with Gasteiger partial charge in [0.05, 0.1) is 29.2 Å². The SMILES string of the molecule is C[C@H](NC(=O)c1ccccc1NC(=O)CCCN(c1ccc2c(c1)OCCO2)S(C)(=O)=O)c1ccccc1. The molecule has 1 aliphatic rings. The fourth-order valence-electron chi connectivity index (χ4n) is 4.16. The maximum atomic E-state index is 12.9. The molecule has 0 aliphatic carbocycles. The second-order valence-corrected chi connectivity index (χ2v) is 10.9. The van der Waals surface area contributed by atoms with Gasteiger partial charge < -0.3 is 20.1 Å². The highest BCUT2D eigenvalue weighted by Gasteiger charge is 2.21. The largest absolute Gasteiger partial charge is 0.486 e. The predicted octanol–water partition coefficient (Wildman–Crippen LogP) is 4.13. The second-order valence-electron chi connectivity index (χ2n) is 8.97. The molecule has 3 aromatic rings. The van der Waals surface area contributed by atoms with Gasteiger partial charge in [-0.05, 0) is 43.2 Å². The molecule has 1 aliphatic heterocycles. The van der Waals surface area contributed by atoms with E-state index in [0.29, 0.717) is 41.7 Å². The zero-order chi connectivity index (χ0) is 27.1. The molecule has 4 rings (SSSR count). The summed E-state index contributed by atoms with van der Waals surface area (Å²) in [6, 6.07) is 21.1. The Bertz CT molecular complexity index is 1390. The van der Waals surface area contributed by atoms with Gasteiger partial charge in [0.2, 0.25) is 15.9 Å². The van der Waals surface area contributed by atoms with Gasteiger partial charge in [-0.25, -0.2) is 8.42 Å². The van der Waals surface area contributed by atoms with E-state index in [1.54, 1.807) is 42.5 Å². The summed E-state index contributed by atoms with van der Waals surface area (Å²) in [5.74, 6) is 0.418. The van der Waals surface area contributed by atoms with Crippen molar-refractivity contribution in [2.24, 2.45) is 0 Å². The third-order valence-corrected chi connectivity index (χ3v) is 7.27. The summed E-state index contributed by atoms with van der Waals surface area (Å²) < 4.78 is 37.3. The van der Waals surface area contributed by atoms with Crippen LogP contribution in [-0.2, 0) is 14.8 Å². The Morgan fingerprint density at radius 3 is 2.37 bits per heavy atom. The molecule has 0 radical (unpaired) electrons. The van der Waals surface area contributed by atoms with Crippen LogP contribution in [0.25, 0.3) is 0 Å². The Kier molecular flexibility index (Phi) is 8.52. The molecule has 0 bridgehead atoms. The number of nitrogens with one attached hydrogen (secondary N) is 2.